The number of sulfonamides is 1. The molecule has 0 saturated carbocycles. The van der Waals surface area contributed by atoms with Crippen LogP contribution in [0.25, 0.3) is 0 Å². The Hall–Kier alpha value is -1.80. The molecule has 0 aliphatic carbocycles. The number of hydrogen-bond acceptors (Lipinski definition) is 5. The molecule has 8 heteroatoms. The zero-order chi connectivity index (χ0) is 17.5. The molecule has 0 radical (unpaired) electrons. The van der Waals surface area contributed by atoms with E-state index in [4.69, 9.17) is 9.47 Å². The summed E-state index contributed by atoms with van der Waals surface area (Å²) in [4.78, 5) is 11.9. The summed E-state index contributed by atoms with van der Waals surface area (Å²) >= 11 is 0. The molecule has 7 nitrogen and oxygen atoms in total. The average Bonchev–Trinajstić information content (AvgIpc) is 2.50. The molecule has 1 atom stereocenters. The molecule has 0 bridgehead atoms. The summed E-state index contributed by atoms with van der Waals surface area (Å²) in [5.74, 6) is 0.286. The fourth-order valence-corrected chi connectivity index (χ4v) is 2.26. The highest BCUT2D eigenvalue weighted by atomic mass is 32.2. The third kappa shape index (κ3) is 6.45. The van der Waals surface area contributed by atoms with Crippen LogP contribution >= 0.6 is 0 Å². The molecule has 1 N–H and O–H groups in total. The smallest absolute Gasteiger partial charge is 0.260 e. The Bertz CT molecular complexity index is 601. The van der Waals surface area contributed by atoms with E-state index in [2.05, 4.69) is 5.32 Å². The highest BCUT2D eigenvalue weighted by molar-refractivity contribution is 7.92. The van der Waals surface area contributed by atoms with Crippen molar-refractivity contribution >= 4 is 21.6 Å². The van der Waals surface area contributed by atoms with Crippen LogP contribution in [0.2, 0.25) is 0 Å². The van der Waals surface area contributed by atoms with Gasteiger partial charge in [-0.3, -0.25) is 9.10 Å². The van der Waals surface area contributed by atoms with Crippen LogP contribution < -0.4 is 14.4 Å². The average molecular weight is 344 g/mol. The number of amides is 1. The van der Waals surface area contributed by atoms with Gasteiger partial charge in [0.1, 0.15) is 5.75 Å². The lowest BCUT2D eigenvalue weighted by molar-refractivity contribution is -0.127. The van der Waals surface area contributed by atoms with Crippen molar-refractivity contribution in [2.75, 3.05) is 37.9 Å². The van der Waals surface area contributed by atoms with Crippen LogP contribution in [0.15, 0.2) is 24.3 Å². The second-order valence-corrected chi connectivity index (χ2v) is 7.14. The quantitative estimate of drug-likeness (QED) is 0.676. The van der Waals surface area contributed by atoms with Gasteiger partial charge in [0.25, 0.3) is 5.91 Å². The maximum Gasteiger partial charge on any atom is 0.260 e. The fourth-order valence-electron chi connectivity index (χ4n) is 1.76. The van der Waals surface area contributed by atoms with E-state index < -0.39 is 16.1 Å². The summed E-state index contributed by atoms with van der Waals surface area (Å²) in [5.41, 5.74) is 0.525. The van der Waals surface area contributed by atoms with Gasteiger partial charge in [-0.05, 0) is 37.6 Å². The van der Waals surface area contributed by atoms with Gasteiger partial charge in [0.2, 0.25) is 10.0 Å². The van der Waals surface area contributed by atoms with Crippen molar-refractivity contribution in [3.8, 4) is 5.75 Å². The van der Waals surface area contributed by atoms with Crippen LogP contribution in [0.4, 0.5) is 5.69 Å². The van der Waals surface area contributed by atoms with Crippen LogP contribution in [-0.4, -0.2) is 54.0 Å². The number of hydrogen-bond donors (Lipinski definition) is 1. The zero-order valence-electron chi connectivity index (χ0n) is 13.9. The van der Waals surface area contributed by atoms with E-state index in [1.54, 1.807) is 38.3 Å². The number of carbonyl (C=O) groups is 1. The number of anilines is 1. The Morgan fingerprint density at radius 1 is 1.30 bits per heavy atom. The number of carbonyl (C=O) groups excluding carboxylic acids is 1. The minimum atomic E-state index is -3.30. The molecular weight excluding hydrogens is 320 g/mol. The molecule has 0 aliphatic heterocycles. The van der Waals surface area contributed by atoms with E-state index in [1.807, 2.05) is 0 Å². The first-order valence-electron chi connectivity index (χ1n) is 7.23. The minimum absolute atomic E-state index is 0.210. The van der Waals surface area contributed by atoms with Gasteiger partial charge < -0.3 is 14.8 Å². The molecule has 1 aromatic rings. The molecule has 0 heterocycles. The van der Waals surface area contributed by atoms with Crippen molar-refractivity contribution < 1.29 is 22.7 Å². The van der Waals surface area contributed by atoms with Gasteiger partial charge in [0.05, 0.1) is 11.9 Å². The van der Waals surface area contributed by atoms with Gasteiger partial charge >= 0.3 is 0 Å². The highest BCUT2D eigenvalue weighted by Gasteiger charge is 2.15. The number of nitrogens with one attached hydrogen (secondary N) is 1. The largest absolute Gasteiger partial charge is 0.481 e. The molecular formula is C15H24N2O5S. The predicted octanol–water partition coefficient (Wildman–Crippen LogP) is 1.00. The van der Waals surface area contributed by atoms with Gasteiger partial charge in [-0.2, -0.15) is 0 Å². The number of ether oxygens (including phenoxy) is 2. The molecule has 1 rings (SSSR count). The normalized spacial score (nSPS) is 12.5. The van der Waals surface area contributed by atoms with Gasteiger partial charge in [-0.1, -0.05) is 0 Å². The Morgan fingerprint density at radius 3 is 2.43 bits per heavy atom. The van der Waals surface area contributed by atoms with Crippen molar-refractivity contribution in [2.24, 2.45) is 0 Å². The second kappa shape index (κ2) is 8.73. The lowest BCUT2D eigenvalue weighted by Gasteiger charge is -2.18. The first kappa shape index (κ1) is 19.2. The Kier molecular flexibility index (Phi) is 7.31. The van der Waals surface area contributed by atoms with Crippen LogP contribution in [0.3, 0.4) is 0 Å². The van der Waals surface area contributed by atoms with E-state index in [1.165, 1.54) is 11.4 Å². The van der Waals surface area contributed by atoms with Gasteiger partial charge in [-0.15, -0.1) is 0 Å². The van der Waals surface area contributed by atoms with E-state index >= 15 is 0 Å². The van der Waals surface area contributed by atoms with Crippen molar-refractivity contribution in [3.63, 3.8) is 0 Å². The summed E-state index contributed by atoms with van der Waals surface area (Å²) in [5, 5.41) is 2.76. The predicted molar refractivity (Wildman–Crippen MR) is 89.3 cm³/mol. The first-order valence-corrected chi connectivity index (χ1v) is 9.08. The number of rotatable bonds is 9. The van der Waals surface area contributed by atoms with Crippen molar-refractivity contribution in [1.82, 2.24) is 5.32 Å². The third-order valence-electron chi connectivity index (χ3n) is 3.20. The van der Waals surface area contributed by atoms with E-state index in [9.17, 15) is 13.2 Å². The maximum absolute atomic E-state index is 11.9. The zero-order valence-corrected chi connectivity index (χ0v) is 14.7. The lowest BCUT2D eigenvalue weighted by Crippen LogP contribution is -2.37. The Labute approximate surface area is 137 Å². The van der Waals surface area contributed by atoms with Gasteiger partial charge in [0.15, 0.2) is 6.10 Å². The van der Waals surface area contributed by atoms with Gasteiger partial charge in [0, 0.05) is 27.3 Å². The molecule has 0 unspecified atom stereocenters. The second-order valence-electron chi connectivity index (χ2n) is 5.12. The van der Waals surface area contributed by atoms with Crippen molar-refractivity contribution in [3.05, 3.63) is 24.3 Å². The molecule has 0 aliphatic rings. The standard InChI is InChI=1S/C15H24N2O5S/c1-12(15(18)16-10-5-11-21-3)22-14-8-6-13(7-9-14)17(2)23(4,19)20/h6-9,12H,5,10-11H2,1-4H3,(H,16,18)/t12-/m1/s1. The first-order chi connectivity index (χ1) is 10.8. The van der Waals surface area contributed by atoms with Crippen molar-refractivity contribution in [1.29, 1.82) is 0 Å². The van der Waals surface area contributed by atoms with E-state index in [0.717, 1.165) is 12.7 Å². The summed E-state index contributed by atoms with van der Waals surface area (Å²) in [6.45, 7) is 2.77. The summed E-state index contributed by atoms with van der Waals surface area (Å²) < 4.78 is 34.5. The molecule has 0 spiro atoms. The number of nitrogens with zero attached hydrogens (tertiary/aromatic N) is 1. The molecule has 1 amide bonds. The third-order valence-corrected chi connectivity index (χ3v) is 4.41. The summed E-state index contributed by atoms with van der Waals surface area (Å²) in [7, 11) is -0.219. The topological polar surface area (TPSA) is 84.9 Å². The maximum atomic E-state index is 11.9. The molecule has 23 heavy (non-hydrogen) atoms. The fraction of sp³-hybridized carbons (Fsp3) is 0.533. The number of methoxy groups -OCH3 is 1. The number of benzene rings is 1. The Balaban J connectivity index is 2.56. The van der Waals surface area contributed by atoms with Crippen LogP contribution in [0.1, 0.15) is 13.3 Å². The summed E-state index contributed by atoms with van der Waals surface area (Å²) in [6, 6.07) is 6.51. The SMILES string of the molecule is COCCCNC(=O)[C@@H](C)Oc1ccc(N(C)S(C)(=O)=O)cc1. The molecule has 130 valence electrons. The molecule has 1 aromatic carbocycles. The lowest BCUT2D eigenvalue weighted by atomic mass is 10.3. The van der Waals surface area contributed by atoms with Crippen molar-refractivity contribution in [2.45, 2.75) is 19.4 Å². The van der Waals surface area contributed by atoms with Crippen LogP contribution in [0, 0.1) is 0 Å². The van der Waals surface area contributed by atoms with Gasteiger partial charge in [-0.25, -0.2) is 8.42 Å². The van der Waals surface area contributed by atoms with E-state index in [0.29, 0.717) is 24.6 Å². The minimum Gasteiger partial charge on any atom is -0.481 e. The summed E-state index contributed by atoms with van der Waals surface area (Å²) in [6.07, 6.45) is 1.23. The monoisotopic (exact) mass is 344 g/mol. The molecule has 0 fully saturated rings. The Morgan fingerprint density at radius 2 is 1.91 bits per heavy atom. The van der Waals surface area contributed by atoms with E-state index in [-0.39, 0.29) is 5.91 Å². The highest BCUT2D eigenvalue weighted by Crippen LogP contribution is 2.20. The molecule has 0 saturated heterocycles. The van der Waals surface area contributed by atoms with Crippen LogP contribution in [0.5, 0.6) is 5.75 Å². The van der Waals surface area contributed by atoms with Crippen LogP contribution in [-0.2, 0) is 19.6 Å². The molecule has 0 aromatic heterocycles.